The predicted octanol–water partition coefficient (Wildman–Crippen LogP) is 2.22. The van der Waals surface area contributed by atoms with Crippen molar-refractivity contribution in [3.63, 3.8) is 0 Å². The first-order valence-corrected chi connectivity index (χ1v) is 7.78. The first kappa shape index (κ1) is 17.8. The second kappa shape index (κ2) is 6.19. The molecule has 1 heterocycles. The Morgan fingerprint density at radius 3 is 1.83 bits per heavy atom. The molecule has 0 aromatic heterocycles. The molecule has 0 radical (unpaired) electrons. The molecule has 1 aliphatic rings. The normalized spacial score (nSPS) is 15.5. The first-order chi connectivity index (χ1) is 11.0. The zero-order valence-corrected chi connectivity index (χ0v) is 14.5. The summed E-state index contributed by atoms with van der Waals surface area (Å²) in [6, 6.07) is 4.68. The minimum atomic E-state index is -1.57. The first-order valence-electron chi connectivity index (χ1n) is 7.78. The third kappa shape index (κ3) is 3.22. The van der Waals surface area contributed by atoms with Crippen LogP contribution in [0, 0.1) is 5.92 Å². The van der Waals surface area contributed by atoms with Crippen LogP contribution in [0.15, 0.2) is 24.3 Å². The molecule has 0 bridgehead atoms. The zero-order valence-electron chi connectivity index (χ0n) is 14.5. The van der Waals surface area contributed by atoms with Crippen molar-refractivity contribution in [1.82, 2.24) is 4.90 Å². The minimum Gasteiger partial charge on any atom is -0.458 e. The summed E-state index contributed by atoms with van der Waals surface area (Å²) in [6.07, 6.45) is 0. The van der Waals surface area contributed by atoms with E-state index < -0.39 is 41.1 Å². The van der Waals surface area contributed by atoms with Crippen LogP contribution in [0.5, 0.6) is 0 Å². The molecule has 1 unspecified atom stereocenters. The molecule has 128 valence electrons. The second-order valence-electron chi connectivity index (χ2n) is 7.02. The number of nitrogens with zero attached hydrogens (tertiary/aromatic N) is 1. The lowest BCUT2D eigenvalue weighted by molar-refractivity contribution is -0.162. The van der Waals surface area contributed by atoms with Gasteiger partial charge in [-0.1, -0.05) is 26.0 Å². The number of ether oxygens (including phenoxy) is 1. The van der Waals surface area contributed by atoms with Crippen molar-refractivity contribution in [1.29, 1.82) is 0 Å². The summed E-state index contributed by atoms with van der Waals surface area (Å²) < 4.78 is 5.27. The van der Waals surface area contributed by atoms with Crippen molar-refractivity contribution < 1.29 is 23.9 Å². The molecule has 2 amide bonds. The van der Waals surface area contributed by atoms with Crippen molar-refractivity contribution in [3.05, 3.63) is 35.4 Å². The van der Waals surface area contributed by atoms with Crippen LogP contribution in [0.1, 0.15) is 55.3 Å². The number of ketones is 1. The molecular formula is C18H21NO5. The number of amides is 2. The number of fused-ring (bicyclic) bond motifs is 1. The van der Waals surface area contributed by atoms with Crippen LogP contribution in [0.2, 0.25) is 0 Å². The Hall–Kier alpha value is -2.50. The third-order valence-electron chi connectivity index (χ3n) is 3.55. The van der Waals surface area contributed by atoms with Gasteiger partial charge in [0.15, 0.2) is 11.8 Å². The highest BCUT2D eigenvalue weighted by Gasteiger charge is 2.47. The minimum absolute atomic E-state index is 0.188. The number of hydrogen-bond donors (Lipinski definition) is 0. The molecule has 0 saturated carbocycles. The van der Waals surface area contributed by atoms with Gasteiger partial charge in [0.1, 0.15) is 5.60 Å². The van der Waals surface area contributed by atoms with Gasteiger partial charge in [0.2, 0.25) is 0 Å². The van der Waals surface area contributed by atoms with Gasteiger partial charge in [0, 0.05) is 5.92 Å². The highest BCUT2D eigenvalue weighted by atomic mass is 16.6. The van der Waals surface area contributed by atoms with Gasteiger partial charge in [-0.15, -0.1) is 0 Å². The van der Waals surface area contributed by atoms with Crippen LogP contribution in [0.3, 0.4) is 0 Å². The molecular weight excluding hydrogens is 310 g/mol. The van der Waals surface area contributed by atoms with E-state index in [-0.39, 0.29) is 11.1 Å². The lowest BCUT2D eigenvalue weighted by atomic mass is 10.00. The van der Waals surface area contributed by atoms with Crippen molar-refractivity contribution in [2.24, 2.45) is 5.92 Å². The predicted molar refractivity (Wildman–Crippen MR) is 86.4 cm³/mol. The number of carbonyl (C=O) groups excluding carboxylic acids is 4. The standard InChI is InChI=1S/C18H21NO5/c1-10(2)14(20)13(17(23)24-18(3,4)5)19-15(21)11-8-6-7-9-12(11)16(19)22/h6-10,13H,1-5H3. The number of carbonyl (C=O) groups is 4. The van der Waals surface area contributed by atoms with Crippen LogP contribution in [-0.2, 0) is 14.3 Å². The van der Waals surface area contributed by atoms with Crippen LogP contribution in [0.4, 0.5) is 0 Å². The summed E-state index contributed by atoms with van der Waals surface area (Å²) >= 11 is 0. The fourth-order valence-electron chi connectivity index (χ4n) is 2.46. The Balaban J connectivity index is 2.46. The number of hydrogen-bond acceptors (Lipinski definition) is 5. The Morgan fingerprint density at radius 1 is 1.00 bits per heavy atom. The summed E-state index contributed by atoms with van der Waals surface area (Å²) in [6.45, 7) is 8.19. The van der Waals surface area contributed by atoms with E-state index in [0.717, 1.165) is 4.90 Å². The SMILES string of the molecule is CC(C)C(=O)C(C(=O)OC(C)(C)C)N1C(=O)c2ccccc2C1=O. The van der Waals surface area contributed by atoms with E-state index in [9.17, 15) is 19.2 Å². The van der Waals surface area contributed by atoms with Crippen LogP contribution in [-0.4, -0.2) is 40.1 Å². The van der Waals surface area contributed by atoms with E-state index in [0.29, 0.717) is 0 Å². The smallest absolute Gasteiger partial charge is 0.337 e. The van der Waals surface area contributed by atoms with Gasteiger partial charge >= 0.3 is 5.97 Å². The average Bonchev–Trinajstić information content (AvgIpc) is 2.71. The summed E-state index contributed by atoms with van der Waals surface area (Å²) in [4.78, 5) is 51.0. The maximum Gasteiger partial charge on any atom is 0.337 e. The molecule has 2 rings (SSSR count). The summed E-state index contributed by atoms with van der Waals surface area (Å²) in [7, 11) is 0. The van der Waals surface area contributed by atoms with Gasteiger partial charge in [-0.25, -0.2) is 4.79 Å². The monoisotopic (exact) mass is 331 g/mol. The average molecular weight is 331 g/mol. The van der Waals surface area contributed by atoms with Crippen LogP contribution >= 0.6 is 0 Å². The van der Waals surface area contributed by atoms with E-state index in [1.165, 1.54) is 12.1 Å². The molecule has 24 heavy (non-hydrogen) atoms. The molecule has 0 spiro atoms. The van der Waals surface area contributed by atoms with Crippen molar-refractivity contribution in [2.75, 3.05) is 0 Å². The summed E-state index contributed by atoms with van der Waals surface area (Å²) in [5.74, 6) is -3.26. The molecule has 1 aromatic rings. The summed E-state index contributed by atoms with van der Waals surface area (Å²) in [5.41, 5.74) is -0.467. The molecule has 0 saturated heterocycles. The van der Waals surface area contributed by atoms with Gasteiger partial charge in [0.05, 0.1) is 11.1 Å². The van der Waals surface area contributed by atoms with Gasteiger partial charge in [0.25, 0.3) is 11.8 Å². The molecule has 1 aromatic carbocycles. The number of rotatable bonds is 4. The van der Waals surface area contributed by atoms with E-state index in [1.807, 2.05) is 0 Å². The van der Waals surface area contributed by atoms with Gasteiger partial charge in [-0.2, -0.15) is 0 Å². The van der Waals surface area contributed by atoms with E-state index in [2.05, 4.69) is 0 Å². The van der Waals surface area contributed by atoms with Gasteiger partial charge in [-0.3, -0.25) is 19.3 Å². The largest absolute Gasteiger partial charge is 0.458 e. The lowest BCUT2D eigenvalue weighted by Crippen LogP contribution is -2.53. The maximum atomic E-state index is 12.6. The Morgan fingerprint density at radius 2 is 1.46 bits per heavy atom. The van der Waals surface area contributed by atoms with Crippen molar-refractivity contribution in [2.45, 2.75) is 46.3 Å². The van der Waals surface area contributed by atoms with E-state index >= 15 is 0 Å². The number of Topliss-reactive ketones (excluding diaryl/α,β-unsaturated/α-hetero) is 1. The van der Waals surface area contributed by atoms with Gasteiger partial charge in [-0.05, 0) is 32.9 Å². The molecule has 1 aliphatic heterocycles. The highest BCUT2D eigenvalue weighted by molar-refractivity contribution is 6.25. The van der Waals surface area contributed by atoms with Crippen molar-refractivity contribution >= 4 is 23.6 Å². The topological polar surface area (TPSA) is 80.8 Å². The fourth-order valence-corrected chi connectivity index (χ4v) is 2.46. The van der Waals surface area contributed by atoms with E-state index in [1.54, 1.807) is 46.8 Å². The number of imide groups is 1. The fraction of sp³-hybridized carbons (Fsp3) is 0.444. The number of esters is 1. The Kier molecular flexibility index (Phi) is 4.60. The quantitative estimate of drug-likeness (QED) is 0.480. The maximum absolute atomic E-state index is 12.6. The number of benzene rings is 1. The van der Waals surface area contributed by atoms with Crippen molar-refractivity contribution in [3.8, 4) is 0 Å². The Bertz CT molecular complexity index is 679. The molecule has 0 aliphatic carbocycles. The van der Waals surface area contributed by atoms with Gasteiger partial charge < -0.3 is 4.74 Å². The summed E-state index contributed by atoms with van der Waals surface area (Å²) in [5, 5.41) is 0. The molecule has 0 N–H and O–H groups in total. The van der Waals surface area contributed by atoms with E-state index in [4.69, 9.17) is 4.74 Å². The molecule has 6 nitrogen and oxygen atoms in total. The lowest BCUT2D eigenvalue weighted by Gasteiger charge is -2.28. The zero-order chi connectivity index (χ0) is 18.2. The van der Waals surface area contributed by atoms with Crippen LogP contribution < -0.4 is 0 Å². The highest BCUT2D eigenvalue weighted by Crippen LogP contribution is 2.27. The van der Waals surface area contributed by atoms with Crippen LogP contribution in [0.25, 0.3) is 0 Å². The molecule has 1 atom stereocenters. The third-order valence-corrected chi connectivity index (χ3v) is 3.55. The second-order valence-corrected chi connectivity index (χ2v) is 7.02. The Labute approximate surface area is 140 Å². The molecule has 6 heteroatoms. The molecule has 0 fully saturated rings.